The second-order valence-corrected chi connectivity index (χ2v) is 5.60. The van der Waals surface area contributed by atoms with E-state index in [-0.39, 0.29) is 11.7 Å². The first kappa shape index (κ1) is 17.0. The SMILES string of the molecule is CCCCC(=O)Nc1cccc(N=Cc2cc(Cl)ccc2O)c1. The van der Waals surface area contributed by atoms with Crippen molar-refractivity contribution in [1.82, 2.24) is 0 Å². The Kier molecular flexibility index (Phi) is 6.18. The molecule has 0 aliphatic heterocycles. The van der Waals surface area contributed by atoms with E-state index in [0.29, 0.717) is 28.4 Å². The number of hydrogen-bond donors (Lipinski definition) is 2. The van der Waals surface area contributed by atoms with Crippen LogP contribution in [0, 0.1) is 0 Å². The van der Waals surface area contributed by atoms with Gasteiger partial charge in [-0.1, -0.05) is 31.0 Å². The van der Waals surface area contributed by atoms with Crippen molar-refractivity contribution in [2.24, 2.45) is 4.99 Å². The van der Waals surface area contributed by atoms with Crippen molar-refractivity contribution in [3.05, 3.63) is 53.1 Å². The lowest BCUT2D eigenvalue weighted by atomic mass is 10.2. The van der Waals surface area contributed by atoms with Gasteiger partial charge < -0.3 is 10.4 Å². The highest BCUT2D eigenvalue weighted by atomic mass is 35.5. The lowest BCUT2D eigenvalue weighted by molar-refractivity contribution is -0.116. The molecule has 0 unspecified atom stereocenters. The van der Waals surface area contributed by atoms with Crippen molar-refractivity contribution in [2.75, 3.05) is 5.32 Å². The Morgan fingerprint density at radius 1 is 1.30 bits per heavy atom. The molecular weight excluding hydrogens is 312 g/mol. The first-order valence-corrected chi connectivity index (χ1v) is 7.89. The van der Waals surface area contributed by atoms with Crippen LogP contribution in [-0.2, 0) is 4.79 Å². The van der Waals surface area contributed by atoms with Crippen molar-refractivity contribution in [1.29, 1.82) is 0 Å². The molecule has 0 fully saturated rings. The van der Waals surface area contributed by atoms with Gasteiger partial charge in [0.1, 0.15) is 5.75 Å². The number of anilines is 1. The summed E-state index contributed by atoms with van der Waals surface area (Å²) >= 11 is 5.90. The number of hydrogen-bond acceptors (Lipinski definition) is 3. The lowest BCUT2D eigenvalue weighted by Gasteiger charge is -2.05. The molecule has 0 saturated heterocycles. The summed E-state index contributed by atoms with van der Waals surface area (Å²) in [5.41, 5.74) is 1.92. The zero-order valence-corrected chi connectivity index (χ0v) is 13.7. The minimum atomic E-state index is 0.000431. The van der Waals surface area contributed by atoms with Crippen molar-refractivity contribution in [2.45, 2.75) is 26.2 Å². The number of unbranched alkanes of at least 4 members (excludes halogenated alkanes) is 1. The number of phenols is 1. The molecule has 23 heavy (non-hydrogen) atoms. The molecule has 2 rings (SSSR count). The standard InChI is InChI=1S/C18H19ClN2O2/c1-2-3-7-18(23)21-16-6-4-5-15(11-16)20-12-13-10-14(19)8-9-17(13)22/h4-6,8-12,22H,2-3,7H2,1H3,(H,21,23). The number of halogens is 1. The summed E-state index contributed by atoms with van der Waals surface area (Å²) in [6, 6.07) is 12.0. The third-order valence-corrected chi connectivity index (χ3v) is 3.46. The van der Waals surface area contributed by atoms with E-state index in [1.165, 1.54) is 6.07 Å². The monoisotopic (exact) mass is 330 g/mol. The van der Waals surface area contributed by atoms with E-state index < -0.39 is 0 Å². The summed E-state index contributed by atoms with van der Waals surface area (Å²) in [4.78, 5) is 16.1. The molecule has 4 nitrogen and oxygen atoms in total. The number of nitrogens with one attached hydrogen (secondary N) is 1. The Hall–Kier alpha value is -2.33. The molecule has 0 bridgehead atoms. The maximum atomic E-state index is 11.7. The van der Waals surface area contributed by atoms with Crippen LogP contribution in [0.15, 0.2) is 47.5 Å². The highest BCUT2D eigenvalue weighted by molar-refractivity contribution is 6.30. The Balaban J connectivity index is 2.09. The summed E-state index contributed by atoms with van der Waals surface area (Å²) in [5, 5.41) is 13.1. The fourth-order valence-corrected chi connectivity index (χ4v) is 2.18. The Labute approximate surface area is 140 Å². The smallest absolute Gasteiger partial charge is 0.224 e. The third kappa shape index (κ3) is 5.42. The molecule has 0 aliphatic carbocycles. The van der Waals surface area contributed by atoms with E-state index >= 15 is 0 Å². The van der Waals surface area contributed by atoms with Gasteiger partial charge in [0, 0.05) is 28.9 Å². The van der Waals surface area contributed by atoms with Crippen LogP contribution in [0.1, 0.15) is 31.7 Å². The zero-order valence-electron chi connectivity index (χ0n) is 12.9. The van der Waals surface area contributed by atoms with Gasteiger partial charge >= 0.3 is 0 Å². The molecule has 0 atom stereocenters. The average molecular weight is 331 g/mol. The lowest BCUT2D eigenvalue weighted by Crippen LogP contribution is -2.10. The van der Waals surface area contributed by atoms with Crippen molar-refractivity contribution >= 4 is 35.1 Å². The highest BCUT2D eigenvalue weighted by Gasteiger charge is 2.02. The predicted octanol–water partition coefficient (Wildman–Crippen LogP) is 4.92. The van der Waals surface area contributed by atoms with Gasteiger partial charge in [-0.2, -0.15) is 0 Å². The van der Waals surface area contributed by atoms with Crippen LogP contribution >= 0.6 is 11.6 Å². The fraction of sp³-hybridized carbons (Fsp3) is 0.222. The normalized spacial score (nSPS) is 10.9. The van der Waals surface area contributed by atoms with Crippen LogP contribution < -0.4 is 5.32 Å². The minimum Gasteiger partial charge on any atom is -0.507 e. The summed E-state index contributed by atoms with van der Waals surface area (Å²) in [7, 11) is 0. The topological polar surface area (TPSA) is 61.7 Å². The zero-order chi connectivity index (χ0) is 16.7. The van der Waals surface area contributed by atoms with Crippen LogP contribution in [0.4, 0.5) is 11.4 Å². The number of aromatic hydroxyl groups is 1. The summed E-state index contributed by atoms with van der Waals surface area (Å²) in [5.74, 6) is 0.114. The molecule has 1 amide bonds. The maximum absolute atomic E-state index is 11.7. The van der Waals surface area contributed by atoms with Gasteiger partial charge in [-0.15, -0.1) is 0 Å². The molecule has 0 radical (unpaired) electrons. The number of carbonyl (C=O) groups excluding carboxylic acids is 1. The first-order valence-electron chi connectivity index (χ1n) is 7.51. The molecule has 0 saturated carbocycles. The van der Waals surface area contributed by atoms with Gasteiger partial charge in [0.15, 0.2) is 0 Å². The van der Waals surface area contributed by atoms with Crippen LogP contribution in [0.5, 0.6) is 5.75 Å². The molecular formula is C18H19ClN2O2. The first-order chi connectivity index (χ1) is 11.1. The van der Waals surface area contributed by atoms with E-state index in [0.717, 1.165) is 12.8 Å². The Morgan fingerprint density at radius 2 is 2.13 bits per heavy atom. The maximum Gasteiger partial charge on any atom is 0.224 e. The molecule has 2 N–H and O–H groups in total. The number of nitrogens with zero attached hydrogens (tertiary/aromatic N) is 1. The number of benzene rings is 2. The molecule has 0 heterocycles. The van der Waals surface area contributed by atoms with Gasteiger partial charge in [-0.3, -0.25) is 9.79 Å². The van der Waals surface area contributed by atoms with Crippen molar-refractivity contribution in [3.8, 4) is 5.75 Å². The third-order valence-electron chi connectivity index (χ3n) is 3.23. The number of aliphatic imine (C=N–C) groups is 1. The van der Waals surface area contributed by atoms with E-state index in [1.807, 2.05) is 25.1 Å². The van der Waals surface area contributed by atoms with Crippen molar-refractivity contribution < 1.29 is 9.90 Å². The highest BCUT2D eigenvalue weighted by Crippen LogP contribution is 2.22. The molecule has 2 aromatic carbocycles. The second kappa shape index (κ2) is 8.34. The molecule has 5 heteroatoms. The summed E-state index contributed by atoms with van der Waals surface area (Å²) in [6.07, 6.45) is 3.91. The van der Waals surface area contributed by atoms with E-state index in [4.69, 9.17) is 11.6 Å². The second-order valence-electron chi connectivity index (χ2n) is 5.16. The van der Waals surface area contributed by atoms with E-state index in [9.17, 15) is 9.90 Å². The largest absolute Gasteiger partial charge is 0.507 e. The van der Waals surface area contributed by atoms with Crippen LogP contribution in [0.2, 0.25) is 5.02 Å². The Morgan fingerprint density at radius 3 is 2.91 bits per heavy atom. The van der Waals surface area contributed by atoms with Gasteiger partial charge in [0.25, 0.3) is 0 Å². The quantitative estimate of drug-likeness (QED) is 0.738. The minimum absolute atomic E-state index is 0.000431. The van der Waals surface area contributed by atoms with E-state index in [2.05, 4.69) is 10.3 Å². The summed E-state index contributed by atoms with van der Waals surface area (Å²) < 4.78 is 0. The van der Waals surface area contributed by atoms with Crippen LogP contribution in [-0.4, -0.2) is 17.2 Å². The molecule has 0 aromatic heterocycles. The van der Waals surface area contributed by atoms with Gasteiger partial charge in [-0.05, 0) is 42.8 Å². The summed E-state index contributed by atoms with van der Waals surface area (Å²) in [6.45, 7) is 2.05. The van der Waals surface area contributed by atoms with E-state index in [1.54, 1.807) is 24.4 Å². The van der Waals surface area contributed by atoms with Crippen molar-refractivity contribution in [3.63, 3.8) is 0 Å². The average Bonchev–Trinajstić information content (AvgIpc) is 2.54. The fourth-order valence-electron chi connectivity index (χ4n) is 2.00. The predicted molar refractivity (Wildman–Crippen MR) is 95.0 cm³/mol. The van der Waals surface area contributed by atoms with Gasteiger partial charge in [0.05, 0.1) is 5.69 Å². The number of phenolic OH excluding ortho intramolecular Hbond substituents is 1. The van der Waals surface area contributed by atoms with Crippen LogP contribution in [0.3, 0.4) is 0 Å². The molecule has 0 aliphatic rings. The van der Waals surface area contributed by atoms with Gasteiger partial charge in [-0.25, -0.2) is 0 Å². The Bertz CT molecular complexity index is 714. The number of rotatable bonds is 6. The number of amides is 1. The van der Waals surface area contributed by atoms with Gasteiger partial charge in [0.2, 0.25) is 5.91 Å². The molecule has 2 aromatic rings. The molecule has 120 valence electrons. The number of carbonyl (C=O) groups is 1. The molecule has 0 spiro atoms. The van der Waals surface area contributed by atoms with Crippen LogP contribution in [0.25, 0.3) is 0 Å².